The summed E-state index contributed by atoms with van der Waals surface area (Å²) in [6, 6.07) is 6.13. The van der Waals surface area contributed by atoms with Crippen molar-refractivity contribution in [2.75, 3.05) is 17.7 Å². The summed E-state index contributed by atoms with van der Waals surface area (Å²) in [5.74, 6) is 1.72. The Morgan fingerprint density at radius 1 is 1.21 bits per heavy atom. The Hall–Kier alpha value is -1.62. The molecule has 1 aromatic heterocycles. The van der Waals surface area contributed by atoms with Crippen LogP contribution in [0, 0.1) is 6.92 Å². The van der Waals surface area contributed by atoms with Crippen molar-refractivity contribution in [1.82, 2.24) is 9.97 Å². The summed E-state index contributed by atoms with van der Waals surface area (Å²) in [6.07, 6.45) is 2.44. The smallest absolute Gasteiger partial charge is 0.139 e. The molecular formula is C14H17BrN4. The lowest BCUT2D eigenvalue weighted by atomic mass is 10.1. The molecule has 0 aliphatic carbocycles. The molecule has 0 fully saturated rings. The van der Waals surface area contributed by atoms with Crippen LogP contribution in [-0.4, -0.2) is 17.0 Å². The summed E-state index contributed by atoms with van der Waals surface area (Å²) in [5, 5.41) is 6.48. The Balaban J connectivity index is 2.37. The van der Waals surface area contributed by atoms with Gasteiger partial charge in [-0.05, 0) is 37.1 Å². The van der Waals surface area contributed by atoms with E-state index in [1.54, 1.807) is 6.33 Å². The number of rotatable bonds is 4. The summed E-state index contributed by atoms with van der Waals surface area (Å²) in [4.78, 5) is 8.58. The van der Waals surface area contributed by atoms with Gasteiger partial charge in [-0.15, -0.1) is 0 Å². The van der Waals surface area contributed by atoms with Crippen LogP contribution in [-0.2, 0) is 6.42 Å². The molecule has 100 valence electrons. The van der Waals surface area contributed by atoms with Crippen LogP contribution in [0.15, 0.2) is 29.0 Å². The van der Waals surface area contributed by atoms with E-state index in [9.17, 15) is 0 Å². The molecule has 0 aliphatic heterocycles. The zero-order valence-corrected chi connectivity index (χ0v) is 12.9. The fourth-order valence-electron chi connectivity index (χ4n) is 1.97. The van der Waals surface area contributed by atoms with Gasteiger partial charge in [0.1, 0.15) is 18.0 Å². The molecule has 0 aliphatic rings. The maximum Gasteiger partial charge on any atom is 0.139 e. The predicted molar refractivity (Wildman–Crippen MR) is 83.1 cm³/mol. The van der Waals surface area contributed by atoms with Gasteiger partial charge in [-0.3, -0.25) is 0 Å². The number of halogens is 1. The molecule has 0 unspecified atom stereocenters. The van der Waals surface area contributed by atoms with E-state index >= 15 is 0 Å². The zero-order chi connectivity index (χ0) is 13.8. The van der Waals surface area contributed by atoms with Gasteiger partial charge in [-0.2, -0.15) is 0 Å². The van der Waals surface area contributed by atoms with Gasteiger partial charge in [0.15, 0.2) is 0 Å². The maximum absolute atomic E-state index is 4.34. The number of nitrogens with one attached hydrogen (secondary N) is 2. The number of aromatic nitrogens is 2. The van der Waals surface area contributed by atoms with Crippen molar-refractivity contribution in [3.05, 3.63) is 40.1 Å². The lowest BCUT2D eigenvalue weighted by Gasteiger charge is -2.14. The fourth-order valence-corrected chi connectivity index (χ4v) is 2.44. The van der Waals surface area contributed by atoms with Gasteiger partial charge in [0, 0.05) is 22.8 Å². The fraction of sp³-hybridized carbons (Fsp3) is 0.286. The maximum atomic E-state index is 4.34. The summed E-state index contributed by atoms with van der Waals surface area (Å²) in [6.45, 7) is 4.16. The lowest BCUT2D eigenvalue weighted by molar-refractivity contribution is 1.05. The summed E-state index contributed by atoms with van der Waals surface area (Å²) < 4.78 is 1.07. The average Bonchev–Trinajstić information content (AvgIpc) is 2.41. The SMILES string of the molecule is CCc1c(NC)ncnc1Nc1ccc(Br)cc1C. The average molecular weight is 321 g/mol. The van der Waals surface area contributed by atoms with E-state index in [1.165, 1.54) is 5.56 Å². The predicted octanol–water partition coefficient (Wildman–Crippen LogP) is 3.90. The summed E-state index contributed by atoms with van der Waals surface area (Å²) >= 11 is 3.47. The number of nitrogens with zero attached hydrogens (tertiary/aromatic N) is 2. The van der Waals surface area contributed by atoms with E-state index in [0.717, 1.165) is 33.8 Å². The first-order valence-electron chi connectivity index (χ1n) is 6.20. The first-order valence-corrected chi connectivity index (χ1v) is 6.99. The minimum absolute atomic E-state index is 0.854. The number of aryl methyl sites for hydroxylation is 1. The van der Waals surface area contributed by atoms with Crippen LogP contribution < -0.4 is 10.6 Å². The molecule has 0 radical (unpaired) electrons. The van der Waals surface area contributed by atoms with E-state index in [2.05, 4.69) is 56.4 Å². The van der Waals surface area contributed by atoms with Crippen LogP contribution in [0.2, 0.25) is 0 Å². The van der Waals surface area contributed by atoms with E-state index in [1.807, 2.05) is 19.2 Å². The van der Waals surface area contributed by atoms with Crippen molar-refractivity contribution >= 4 is 33.3 Å². The number of anilines is 3. The molecule has 5 heteroatoms. The summed E-state index contributed by atoms with van der Waals surface area (Å²) in [7, 11) is 1.87. The monoisotopic (exact) mass is 320 g/mol. The molecule has 0 spiro atoms. The van der Waals surface area contributed by atoms with Crippen LogP contribution in [0.5, 0.6) is 0 Å². The van der Waals surface area contributed by atoms with Crippen molar-refractivity contribution < 1.29 is 0 Å². The molecule has 2 N–H and O–H groups in total. The molecule has 0 saturated heterocycles. The second-order valence-corrected chi connectivity index (χ2v) is 5.15. The zero-order valence-electron chi connectivity index (χ0n) is 11.3. The van der Waals surface area contributed by atoms with E-state index in [-0.39, 0.29) is 0 Å². The minimum Gasteiger partial charge on any atom is -0.373 e. The number of hydrogen-bond acceptors (Lipinski definition) is 4. The standard InChI is InChI=1S/C14H17BrN4/c1-4-11-13(16-3)17-8-18-14(11)19-12-6-5-10(15)7-9(12)2/h5-8H,4H2,1-3H3,(H2,16,17,18,19). The van der Waals surface area contributed by atoms with E-state index in [0.29, 0.717) is 0 Å². The summed E-state index contributed by atoms with van der Waals surface area (Å²) in [5.41, 5.74) is 3.31. The van der Waals surface area contributed by atoms with Gasteiger partial charge < -0.3 is 10.6 Å². The van der Waals surface area contributed by atoms with Gasteiger partial charge in [0.25, 0.3) is 0 Å². The van der Waals surface area contributed by atoms with Crippen molar-refractivity contribution in [3.63, 3.8) is 0 Å². The molecule has 0 atom stereocenters. The van der Waals surface area contributed by atoms with Gasteiger partial charge in [-0.25, -0.2) is 9.97 Å². The van der Waals surface area contributed by atoms with Crippen LogP contribution in [0.1, 0.15) is 18.1 Å². The highest BCUT2D eigenvalue weighted by molar-refractivity contribution is 9.10. The molecule has 2 aromatic rings. The van der Waals surface area contributed by atoms with Gasteiger partial charge in [-0.1, -0.05) is 22.9 Å². The van der Waals surface area contributed by atoms with Crippen molar-refractivity contribution in [1.29, 1.82) is 0 Å². The molecule has 4 nitrogen and oxygen atoms in total. The minimum atomic E-state index is 0.854. The molecule has 1 aromatic carbocycles. The Bertz CT molecular complexity index is 584. The Morgan fingerprint density at radius 2 is 1.95 bits per heavy atom. The van der Waals surface area contributed by atoms with Gasteiger partial charge in [0.05, 0.1) is 0 Å². The van der Waals surface area contributed by atoms with E-state index in [4.69, 9.17) is 0 Å². The molecule has 0 saturated carbocycles. The highest BCUT2D eigenvalue weighted by Gasteiger charge is 2.09. The third-order valence-corrected chi connectivity index (χ3v) is 3.47. The molecule has 0 bridgehead atoms. The lowest BCUT2D eigenvalue weighted by Crippen LogP contribution is -2.05. The Kier molecular flexibility index (Phi) is 4.37. The second-order valence-electron chi connectivity index (χ2n) is 4.24. The van der Waals surface area contributed by atoms with Crippen LogP contribution in [0.4, 0.5) is 17.3 Å². The van der Waals surface area contributed by atoms with Crippen LogP contribution in [0.3, 0.4) is 0 Å². The molecule has 19 heavy (non-hydrogen) atoms. The third-order valence-electron chi connectivity index (χ3n) is 2.98. The highest BCUT2D eigenvalue weighted by atomic mass is 79.9. The molecular weight excluding hydrogens is 304 g/mol. The Labute approximate surface area is 121 Å². The first kappa shape index (κ1) is 13.8. The van der Waals surface area contributed by atoms with Crippen LogP contribution in [0.25, 0.3) is 0 Å². The largest absolute Gasteiger partial charge is 0.373 e. The number of benzene rings is 1. The second kappa shape index (κ2) is 6.02. The Morgan fingerprint density at radius 3 is 2.58 bits per heavy atom. The van der Waals surface area contributed by atoms with Crippen molar-refractivity contribution in [3.8, 4) is 0 Å². The van der Waals surface area contributed by atoms with Crippen molar-refractivity contribution in [2.45, 2.75) is 20.3 Å². The quantitative estimate of drug-likeness (QED) is 0.897. The van der Waals surface area contributed by atoms with Gasteiger partial charge >= 0.3 is 0 Å². The third kappa shape index (κ3) is 3.04. The first-order chi connectivity index (χ1) is 9.15. The molecule has 2 rings (SSSR count). The highest BCUT2D eigenvalue weighted by Crippen LogP contribution is 2.27. The normalized spacial score (nSPS) is 10.3. The number of hydrogen-bond donors (Lipinski definition) is 2. The van der Waals surface area contributed by atoms with Crippen LogP contribution >= 0.6 is 15.9 Å². The topological polar surface area (TPSA) is 49.8 Å². The van der Waals surface area contributed by atoms with Crippen molar-refractivity contribution in [2.24, 2.45) is 0 Å². The molecule has 1 heterocycles. The molecule has 0 amide bonds. The van der Waals surface area contributed by atoms with Gasteiger partial charge in [0.2, 0.25) is 0 Å². The van der Waals surface area contributed by atoms with E-state index < -0.39 is 0 Å².